The zero-order valence-electron chi connectivity index (χ0n) is 21.6. The summed E-state index contributed by atoms with van der Waals surface area (Å²) < 4.78 is 43.8. The quantitative estimate of drug-likeness (QED) is 0.108. The summed E-state index contributed by atoms with van der Waals surface area (Å²) in [4.78, 5) is 16.3. The van der Waals surface area contributed by atoms with Crippen LogP contribution in [0.1, 0.15) is 44.6 Å². The molecular formula is C26H37F3N2O8. The highest BCUT2D eigenvalue weighted by atomic mass is 19.4. The van der Waals surface area contributed by atoms with Gasteiger partial charge in [-0.15, -0.1) is 0 Å². The summed E-state index contributed by atoms with van der Waals surface area (Å²) in [6.07, 6.45) is 1.62. The predicted octanol–water partition coefficient (Wildman–Crippen LogP) is 2.99. The largest absolute Gasteiger partial charge is 0.491 e. The number of benzene rings is 1. The first-order valence-corrected chi connectivity index (χ1v) is 12.6. The molecular weight excluding hydrogens is 525 g/mol. The van der Waals surface area contributed by atoms with Crippen molar-refractivity contribution in [2.45, 2.75) is 69.6 Å². The second kappa shape index (κ2) is 15.9. The van der Waals surface area contributed by atoms with E-state index in [0.717, 1.165) is 12.1 Å². The highest BCUT2D eigenvalue weighted by Crippen LogP contribution is 2.36. The summed E-state index contributed by atoms with van der Waals surface area (Å²) in [5.74, 6) is -0.976. The Morgan fingerprint density at radius 3 is 2.64 bits per heavy atom. The van der Waals surface area contributed by atoms with E-state index in [4.69, 9.17) is 15.2 Å². The number of hydrogen-bond acceptors (Lipinski definition) is 9. The van der Waals surface area contributed by atoms with Gasteiger partial charge in [0.05, 0.1) is 35.8 Å². The van der Waals surface area contributed by atoms with Crippen LogP contribution in [0.2, 0.25) is 0 Å². The number of nitrogens with zero attached hydrogens (tertiary/aromatic N) is 1. The Morgan fingerprint density at radius 1 is 1.21 bits per heavy atom. The Balaban J connectivity index is 1.76. The number of hydrogen-bond donors (Lipinski definition) is 6. The fourth-order valence-electron chi connectivity index (χ4n) is 4.28. The lowest BCUT2D eigenvalue weighted by molar-refractivity contribution is -0.493. The molecule has 1 unspecified atom stereocenters. The van der Waals surface area contributed by atoms with E-state index in [1.807, 2.05) is 12.2 Å². The van der Waals surface area contributed by atoms with Crippen molar-refractivity contribution in [3.63, 3.8) is 0 Å². The molecule has 10 nitrogen and oxygen atoms in total. The Labute approximate surface area is 224 Å². The van der Waals surface area contributed by atoms with Gasteiger partial charge in [0.1, 0.15) is 18.5 Å². The number of halogens is 3. The maximum absolute atomic E-state index is 12.8. The van der Waals surface area contributed by atoms with Gasteiger partial charge >= 0.3 is 6.18 Å². The number of allylic oxidation sites excluding steroid dienone is 2. The SMILES string of the molecule is CC(CON(O)O)NC(=O)CCC/C=C\C[C@@H]1[C@@H](/C=C/[C@@H](O)COc2cccc(C(F)(F)F)c2)[C@H](O)C[C@@H]1O. The lowest BCUT2D eigenvalue weighted by Crippen LogP contribution is -2.37. The number of ether oxygens (including phenoxy) is 1. The van der Waals surface area contributed by atoms with Crippen molar-refractivity contribution >= 4 is 5.91 Å². The zero-order chi connectivity index (χ0) is 29.0. The number of aliphatic hydroxyl groups excluding tert-OH is 3. The third-order valence-corrected chi connectivity index (χ3v) is 6.25. The molecule has 1 aliphatic carbocycles. The van der Waals surface area contributed by atoms with Crippen LogP contribution in [0, 0.1) is 11.8 Å². The molecule has 1 aromatic carbocycles. The van der Waals surface area contributed by atoms with Crippen molar-refractivity contribution in [3.8, 4) is 5.75 Å². The minimum Gasteiger partial charge on any atom is -0.491 e. The van der Waals surface area contributed by atoms with Crippen molar-refractivity contribution < 1.29 is 53.3 Å². The first kappa shape index (κ1) is 32.7. The average molecular weight is 563 g/mol. The van der Waals surface area contributed by atoms with E-state index in [1.165, 1.54) is 18.2 Å². The molecule has 0 radical (unpaired) electrons. The van der Waals surface area contributed by atoms with Crippen molar-refractivity contribution in [1.82, 2.24) is 10.7 Å². The summed E-state index contributed by atoms with van der Waals surface area (Å²) in [5.41, 5.74) is -0.855. The van der Waals surface area contributed by atoms with Crippen LogP contribution in [-0.2, 0) is 15.8 Å². The summed E-state index contributed by atoms with van der Waals surface area (Å²) in [6.45, 7) is 1.26. The number of nitrogens with one attached hydrogen (secondary N) is 1. The van der Waals surface area contributed by atoms with E-state index in [2.05, 4.69) is 10.2 Å². The van der Waals surface area contributed by atoms with Gasteiger partial charge in [0, 0.05) is 18.8 Å². The van der Waals surface area contributed by atoms with E-state index < -0.39 is 47.4 Å². The van der Waals surface area contributed by atoms with Crippen LogP contribution < -0.4 is 10.1 Å². The number of amides is 1. The third-order valence-electron chi connectivity index (χ3n) is 6.25. The second-order valence-corrected chi connectivity index (χ2v) is 9.52. The molecule has 0 heterocycles. The van der Waals surface area contributed by atoms with Gasteiger partial charge in [-0.2, -0.15) is 13.2 Å². The van der Waals surface area contributed by atoms with Gasteiger partial charge in [-0.1, -0.05) is 30.4 Å². The first-order chi connectivity index (χ1) is 18.4. The van der Waals surface area contributed by atoms with Crippen molar-refractivity contribution in [3.05, 3.63) is 54.1 Å². The second-order valence-electron chi connectivity index (χ2n) is 9.52. The van der Waals surface area contributed by atoms with Crippen molar-refractivity contribution in [1.29, 1.82) is 0 Å². The Morgan fingerprint density at radius 2 is 1.95 bits per heavy atom. The summed E-state index contributed by atoms with van der Waals surface area (Å²) in [7, 11) is 0. The fraction of sp³-hybridized carbons (Fsp3) is 0.577. The highest BCUT2D eigenvalue weighted by molar-refractivity contribution is 5.76. The number of carbonyl (C=O) groups excluding carboxylic acids is 1. The molecule has 6 N–H and O–H groups in total. The third kappa shape index (κ3) is 12.0. The molecule has 220 valence electrons. The molecule has 1 saturated carbocycles. The number of alkyl halides is 3. The minimum atomic E-state index is -4.50. The number of rotatable bonds is 15. The minimum absolute atomic E-state index is 0.0302. The Bertz CT molecular complexity index is 944. The molecule has 1 aliphatic rings. The molecule has 0 aliphatic heterocycles. The normalized spacial score (nSPS) is 23.5. The fourth-order valence-corrected chi connectivity index (χ4v) is 4.28. The van der Waals surface area contributed by atoms with Crippen LogP contribution in [0.25, 0.3) is 0 Å². The average Bonchev–Trinajstić information content (AvgIpc) is 3.13. The number of carbonyl (C=O) groups is 1. The molecule has 0 bridgehead atoms. The van der Waals surface area contributed by atoms with Crippen LogP contribution in [0.4, 0.5) is 13.2 Å². The number of aliphatic hydroxyl groups is 3. The lowest BCUT2D eigenvalue weighted by Gasteiger charge is -2.19. The molecule has 1 amide bonds. The van der Waals surface area contributed by atoms with Crippen LogP contribution >= 0.6 is 0 Å². The highest BCUT2D eigenvalue weighted by Gasteiger charge is 2.39. The molecule has 39 heavy (non-hydrogen) atoms. The van der Waals surface area contributed by atoms with E-state index in [-0.39, 0.29) is 43.6 Å². The lowest BCUT2D eigenvalue weighted by atomic mass is 9.89. The van der Waals surface area contributed by atoms with Crippen LogP contribution in [0.3, 0.4) is 0 Å². The monoisotopic (exact) mass is 562 g/mol. The molecule has 1 aromatic rings. The van der Waals surface area contributed by atoms with Gasteiger partial charge in [-0.05, 0) is 50.3 Å². The van der Waals surface area contributed by atoms with Gasteiger partial charge in [0.2, 0.25) is 5.91 Å². The van der Waals surface area contributed by atoms with Gasteiger partial charge in [-0.3, -0.25) is 15.2 Å². The molecule has 0 aromatic heterocycles. The maximum Gasteiger partial charge on any atom is 0.416 e. The molecule has 0 saturated heterocycles. The Kier molecular flexibility index (Phi) is 13.3. The topological polar surface area (TPSA) is 152 Å². The van der Waals surface area contributed by atoms with E-state index >= 15 is 0 Å². The van der Waals surface area contributed by atoms with E-state index in [0.29, 0.717) is 19.3 Å². The maximum atomic E-state index is 12.8. The van der Waals surface area contributed by atoms with Crippen LogP contribution in [-0.4, -0.2) is 74.6 Å². The summed E-state index contributed by atoms with van der Waals surface area (Å²) >= 11 is 0. The van der Waals surface area contributed by atoms with Crippen LogP contribution in [0.15, 0.2) is 48.6 Å². The smallest absolute Gasteiger partial charge is 0.416 e. The van der Waals surface area contributed by atoms with Crippen molar-refractivity contribution in [2.75, 3.05) is 13.2 Å². The van der Waals surface area contributed by atoms with Crippen LogP contribution in [0.5, 0.6) is 5.75 Å². The molecule has 13 heteroatoms. The summed E-state index contributed by atoms with van der Waals surface area (Å²) in [5, 5.41) is 50.2. The summed E-state index contributed by atoms with van der Waals surface area (Å²) in [6, 6.07) is 3.93. The molecule has 1 fully saturated rings. The first-order valence-electron chi connectivity index (χ1n) is 12.6. The Hall–Kier alpha value is -2.52. The number of unbranched alkanes of at least 4 members (excludes halogenated alkanes) is 1. The van der Waals surface area contributed by atoms with Gasteiger partial charge < -0.3 is 25.4 Å². The van der Waals surface area contributed by atoms with Gasteiger partial charge in [-0.25, -0.2) is 4.84 Å². The van der Waals surface area contributed by atoms with Crippen molar-refractivity contribution in [2.24, 2.45) is 11.8 Å². The predicted molar refractivity (Wildman–Crippen MR) is 132 cm³/mol. The molecule has 2 rings (SSSR count). The zero-order valence-corrected chi connectivity index (χ0v) is 21.6. The molecule has 6 atom stereocenters. The van der Waals surface area contributed by atoms with E-state index in [1.54, 1.807) is 13.0 Å². The van der Waals surface area contributed by atoms with E-state index in [9.17, 15) is 33.3 Å². The molecule has 0 spiro atoms. The standard InChI is InChI=1S/C26H37F3N2O8/c1-17(15-39-31(36)37)30-25(35)10-5-3-2-4-9-21-22(24(34)14-23(21)33)12-11-19(32)16-38-20-8-6-7-18(13-20)26(27,28)29/h2,4,6-8,11-13,17,19,21-24,32-34,36-37H,3,5,9-10,14-16H2,1H3,(H,30,35)/b4-2-,12-11+/t17?,19-,21-,22-,23+,24-/m1/s1. The van der Waals surface area contributed by atoms with Gasteiger partial charge in [0.25, 0.3) is 0 Å². The van der Waals surface area contributed by atoms with Gasteiger partial charge in [0.15, 0.2) is 0 Å².